The molecule has 0 amide bonds. The van der Waals surface area contributed by atoms with Crippen molar-refractivity contribution in [3.8, 4) is 0 Å². The number of hydrogen-bond donors (Lipinski definition) is 1. The molecule has 2 aromatic rings. The monoisotopic (exact) mass is 435 g/mol. The van der Waals surface area contributed by atoms with E-state index in [0.29, 0.717) is 11.2 Å². The third-order valence-electron chi connectivity index (χ3n) is 5.35. The molecular weight excluding hydrogens is 409 g/mol. The summed E-state index contributed by atoms with van der Waals surface area (Å²) in [5.41, 5.74) is -2.29. The Kier molecular flexibility index (Phi) is 6.90. The van der Waals surface area contributed by atoms with Crippen molar-refractivity contribution in [2.24, 2.45) is 0 Å². The zero-order valence-electron chi connectivity index (χ0n) is 17.4. The van der Waals surface area contributed by atoms with Gasteiger partial charge in [-0.2, -0.15) is 13.2 Å². The van der Waals surface area contributed by atoms with Gasteiger partial charge in [-0.3, -0.25) is 4.79 Å². The first-order valence-electron chi connectivity index (χ1n) is 9.67. The number of rotatable bonds is 5. The molecule has 168 valence electrons. The van der Waals surface area contributed by atoms with Crippen LogP contribution in [-0.2, 0) is 16.5 Å². The Morgan fingerprint density at radius 1 is 1.27 bits per heavy atom. The van der Waals surface area contributed by atoms with Crippen molar-refractivity contribution in [1.29, 1.82) is 0 Å². The number of ketones is 1. The fraction of sp³-hybridized carbons (Fsp3) is 0.650. The van der Waals surface area contributed by atoms with Crippen molar-refractivity contribution in [3.05, 3.63) is 23.7 Å². The zero-order valence-corrected chi connectivity index (χ0v) is 17.4. The minimum atomic E-state index is -4.42. The lowest BCUT2D eigenvalue weighted by Crippen LogP contribution is -2.38. The normalized spacial score (nSPS) is 17.8. The predicted octanol–water partition coefficient (Wildman–Crippen LogP) is 5.03. The summed E-state index contributed by atoms with van der Waals surface area (Å²) < 4.78 is 63.9. The number of imidazole rings is 1. The van der Waals surface area contributed by atoms with E-state index >= 15 is 0 Å². The summed E-state index contributed by atoms with van der Waals surface area (Å²) >= 11 is 0. The molecule has 2 aromatic heterocycles. The fourth-order valence-electron chi connectivity index (χ4n) is 3.39. The fourth-order valence-corrected chi connectivity index (χ4v) is 3.39. The minimum Gasteiger partial charge on any atom is -0.384 e. The second kappa shape index (κ2) is 8.56. The zero-order chi connectivity index (χ0) is 22.9. The molecule has 0 radical (unpaired) electrons. The van der Waals surface area contributed by atoms with Crippen LogP contribution in [0.25, 0.3) is 11.2 Å². The van der Waals surface area contributed by atoms with E-state index in [2.05, 4.69) is 9.97 Å². The third kappa shape index (κ3) is 5.14. The molecular formula is C20H26F5N3O2. The second-order valence-corrected chi connectivity index (χ2v) is 8.11. The third-order valence-corrected chi connectivity index (χ3v) is 5.35. The summed E-state index contributed by atoms with van der Waals surface area (Å²) in [5, 5.41) is 8.92. The van der Waals surface area contributed by atoms with Crippen LogP contribution in [0, 0.1) is 6.92 Å². The Hall–Kier alpha value is -2.10. The first kappa shape index (κ1) is 24.2. The van der Waals surface area contributed by atoms with Crippen molar-refractivity contribution >= 4 is 16.9 Å². The molecule has 1 saturated carbocycles. The molecule has 2 heterocycles. The molecule has 10 heteroatoms. The van der Waals surface area contributed by atoms with E-state index in [1.54, 1.807) is 6.92 Å². The smallest absolute Gasteiger partial charge is 0.384 e. The summed E-state index contributed by atoms with van der Waals surface area (Å²) in [5.74, 6) is 0.374. The van der Waals surface area contributed by atoms with E-state index in [1.807, 2.05) is 18.4 Å². The number of alkyl halides is 5. The lowest BCUT2D eigenvalue weighted by molar-refractivity contribution is -0.141. The van der Waals surface area contributed by atoms with Crippen LogP contribution in [0.2, 0.25) is 0 Å². The molecule has 1 fully saturated rings. The van der Waals surface area contributed by atoms with Gasteiger partial charge >= 0.3 is 6.18 Å². The van der Waals surface area contributed by atoms with E-state index in [0.717, 1.165) is 38.1 Å². The molecule has 3 rings (SSSR count). The van der Waals surface area contributed by atoms with Crippen molar-refractivity contribution in [1.82, 2.24) is 14.5 Å². The topological polar surface area (TPSA) is 68.0 Å². The highest BCUT2D eigenvalue weighted by atomic mass is 19.4. The molecule has 1 N–H and O–H groups in total. The number of aryl methyl sites for hydroxylation is 1. The first-order chi connectivity index (χ1) is 13.7. The standard InChI is InChI=1S/C13H14F3N3.C7H12F2O2/c1-8-17-9-4-5-10(13(14,15)16)18-11(9)19(8)12(2)6-3-7-12;1-3-5(10)4-7(2,11)6(8)9/h4-5H,3,6-7H2,1-2H3;6,11H,3-4H2,1-2H3. The number of carbonyl (C=O) groups is 1. The summed E-state index contributed by atoms with van der Waals surface area (Å²) in [6.07, 6.45) is -4.57. The lowest BCUT2D eigenvalue weighted by Gasteiger charge is -2.40. The largest absolute Gasteiger partial charge is 0.433 e. The summed E-state index contributed by atoms with van der Waals surface area (Å²) in [6, 6.07) is 2.39. The van der Waals surface area contributed by atoms with Crippen molar-refractivity contribution in [2.45, 2.75) is 83.5 Å². The number of nitrogens with zero attached hydrogens (tertiary/aromatic N) is 3. The Morgan fingerprint density at radius 2 is 1.87 bits per heavy atom. The van der Waals surface area contributed by atoms with E-state index < -0.39 is 30.3 Å². The number of halogens is 5. The van der Waals surface area contributed by atoms with Gasteiger partial charge in [0.1, 0.15) is 28.4 Å². The van der Waals surface area contributed by atoms with Crippen LogP contribution in [-0.4, -0.2) is 37.5 Å². The Balaban J connectivity index is 0.000000252. The maximum atomic E-state index is 12.8. The number of aromatic nitrogens is 3. The molecule has 30 heavy (non-hydrogen) atoms. The van der Waals surface area contributed by atoms with E-state index in [1.165, 1.54) is 6.07 Å². The van der Waals surface area contributed by atoms with Gasteiger partial charge in [-0.25, -0.2) is 18.7 Å². The number of aliphatic hydroxyl groups is 1. The maximum Gasteiger partial charge on any atom is 0.433 e. The summed E-state index contributed by atoms with van der Waals surface area (Å²) in [4.78, 5) is 18.7. The van der Waals surface area contributed by atoms with Gasteiger partial charge in [0, 0.05) is 18.4 Å². The predicted molar refractivity (Wildman–Crippen MR) is 101 cm³/mol. The number of fused-ring (bicyclic) bond motifs is 1. The van der Waals surface area contributed by atoms with Crippen LogP contribution < -0.4 is 0 Å². The first-order valence-corrected chi connectivity index (χ1v) is 9.67. The maximum absolute atomic E-state index is 12.8. The molecule has 0 bridgehead atoms. The average molecular weight is 435 g/mol. The molecule has 0 aromatic carbocycles. The van der Waals surface area contributed by atoms with Gasteiger partial charge in [0.2, 0.25) is 0 Å². The van der Waals surface area contributed by atoms with Crippen molar-refractivity contribution in [2.75, 3.05) is 0 Å². The van der Waals surface area contributed by atoms with E-state index in [4.69, 9.17) is 5.11 Å². The van der Waals surface area contributed by atoms with Crippen LogP contribution in [0.15, 0.2) is 12.1 Å². The molecule has 0 saturated heterocycles. The van der Waals surface area contributed by atoms with Crippen LogP contribution in [0.1, 0.15) is 64.4 Å². The lowest BCUT2D eigenvalue weighted by atomic mass is 9.78. The molecule has 1 unspecified atom stereocenters. The van der Waals surface area contributed by atoms with Crippen LogP contribution in [0.4, 0.5) is 22.0 Å². The Morgan fingerprint density at radius 3 is 2.30 bits per heavy atom. The quantitative estimate of drug-likeness (QED) is 0.669. The Bertz CT molecular complexity index is 902. The number of carbonyl (C=O) groups excluding carboxylic acids is 1. The van der Waals surface area contributed by atoms with E-state index in [-0.39, 0.29) is 17.7 Å². The van der Waals surface area contributed by atoms with Crippen LogP contribution in [0.3, 0.4) is 0 Å². The molecule has 5 nitrogen and oxygen atoms in total. The van der Waals surface area contributed by atoms with Crippen LogP contribution in [0.5, 0.6) is 0 Å². The van der Waals surface area contributed by atoms with Gasteiger partial charge in [0.25, 0.3) is 6.43 Å². The number of pyridine rings is 1. The van der Waals surface area contributed by atoms with Crippen molar-refractivity contribution < 1.29 is 31.9 Å². The molecule has 0 aliphatic heterocycles. The summed E-state index contributed by atoms with van der Waals surface area (Å²) in [6.45, 7) is 6.40. The van der Waals surface area contributed by atoms with Gasteiger partial charge in [-0.1, -0.05) is 6.92 Å². The van der Waals surface area contributed by atoms with Gasteiger partial charge in [0.05, 0.1) is 0 Å². The molecule has 1 aliphatic rings. The van der Waals surface area contributed by atoms with Gasteiger partial charge in [-0.05, 0) is 52.2 Å². The van der Waals surface area contributed by atoms with Gasteiger partial charge in [0.15, 0.2) is 5.65 Å². The van der Waals surface area contributed by atoms with Gasteiger partial charge in [-0.15, -0.1) is 0 Å². The number of Topliss-reactive ketones (excluding diaryl/α,β-unsaturated/α-hetero) is 1. The summed E-state index contributed by atoms with van der Waals surface area (Å²) in [7, 11) is 0. The van der Waals surface area contributed by atoms with Crippen LogP contribution >= 0.6 is 0 Å². The number of hydrogen-bond acceptors (Lipinski definition) is 4. The molecule has 1 atom stereocenters. The molecule has 0 spiro atoms. The minimum absolute atomic E-state index is 0.143. The highest BCUT2D eigenvalue weighted by Crippen LogP contribution is 2.41. The highest BCUT2D eigenvalue weighted by Gasteiger charge is 2.38. The van der Waals surface area contributed by atoms with Gasteiger partial charge < -0.3 is 9.67 Å². The SMILES string of the molecule is CCC(=O)CC(C)(O)C(F)F.Cc1nc2ccc(C(F)(F)F)nc2n1C1(C)CCC1. The average Bonchev–Trinajstić information content (AvgIpc) is 2.94. The Labute approximate surface area is 171 Å². The molecule has 1 aliphatic carbocycles. The van der Waals surface area contributed by atoms with Crippen molar-refractivity contribution in [3.63, 3.8) is 0 Å². The second-order valence-electron chi connectivity index (χ2n) is 8.11. The highest BCUT2D eigenvalue weighted by molar-refractivity contribution is 5.79. The van der Waals surface area contributed by atoms with E-state index in [9.17, 15) is 26.7 Å².